The van der Waals surface area contributed by atoms with Gasteiger partial charge < -0.3 is 16.4 Å². The molecule has 0 unspecified atom stereocenters. The van der Waals surface area contributed by atoms with Crippen LogP contribution in [0.3, 0.4) is 0 Å². The molecular weight excluding hydrogens is 294 g/mol. The molecule has 2 heterocycles. The number of fused-ring (bicyclic) bond motifs is 1. The van der Waals surface area contributed by atoms with Crippen molar-refractivity contribution in [2.45, 2.75) is 18.9 Å². The third-order valence-electron chi connectivity index (χ3n) is 3.71. The Morgan fingerprint density at radius 1 is 1.35 bits per heavy atom. The Balaban J connectivity index is 1.93. The lowest BCUT2D eigenvalue weighted by atomic mass is 10.1. The molecular formula is C14H16ClN3OS. The number of hydrogen-bond acceptors (Lipinski definition) is 4. The normalized spacial score (nSPS) is 16.8. The second-order valence-corrected chi connectivity index (χ2v) is 6.60. The van der Waals surface area contributed by atoms with Crippen LogP contribution in [0, 0.1) is 0 Å². The molecule has 1 aliphatic heterocycles. The summed E-state index contributed by atoms with van der Waals surface area (Å²) in [5.41, 5.74) is 12.5. The molecule has 4 N–H and O–H groups in total. The monoisotopic (exact) mass is 309 g/mol. The van der Waals surface area contributed by atoms with Gasteiger partial charge >= 0.3 is 0 Å². The zero-order valence-electron chi connectivity index (χ0n) is 10.9. The van der Waals surface area contributed by atoms with E-state index in [0.29, 0.717) is 28.7 Å². The number of nitrogens with zero attached hydrogens (tertiary/aromatic N) is 1. The van der Waals surface area contributed by atoms with Gasteiger partial charge in [-0.3, -0.25) is 4.79 Å². The minimum Gasteiger partial charge on any atom is -0.397 e. The van der Waals surface area contributed by atoms with Gasteiger partial charge in [-0.25, -0.2) is 0 Å². The van der Waals surface area contributed by atoms with E-state index in [2.05, 4.69) is 0 Å². The number of rotatable bonds is 1. The highest BCUT2D eigenvalue weighted by Crippen LogP contribution is 2.36. The highest BCUT2D eigenvalue weighted by atomic mass is 35.5. The van der Waals surface area contributed by atoms with E-state index in [1.54, 1.807) is 6.07 Å². The summed E-state index contributed by atoms with van der Waals surface area (Å²) in [5.74, 6) is 0.00622. The molecule has 0 radical (unpaired) electrons. The van der Waals surface area contributed by atoms with Crippen LogP contribution in [0.1, 0.15) is 22.5 Å². The number of likely N-dealkylation sites (tertiary alicyclic amines) is 1. The SMILES string of the molecule is Nc1c(C(=O)N2CCC(N)CC2)sc2cc(Cl)ccc12. The second-order valence-electron chi connectivity index (χ2n) is 5.11. The summed E-state index contributed by atoms with van der Waals surface area (Å²) in [6.07, 6.45) is 1.70. The van der Waals surface area contributed by atoms with E-state index < -0.39 is 0 Å². The summed E-state index contributed by atoms with van der Waals surface area (Å²) in [7, 11) is 0. The van der Waals surface area contributed by atoms with Crippen LogP contribution in [0.5, 0.6) is 0 Å². The van der Waals surface area contributed by atoms with Gasteiger partial charge in [-0.15, -0.1) is 11.3 Å². The predicted octanol–water partition coefficient (Wildman–Crippen LogP) is 2.70. The van der Waals surface area contributed by atoms with Crippen LogP contribution in [0.25, 0.3) is 10.1 Å². The molecule has 1 fully saturated rings. The van der Waals surface area contributed by atoms with Crippen molar-refractivity contribution in [1.82, 2.24) is 4.90 Å². The number of carbonyl (C=O) groups is 1. The van der Waals surface area contributed by atoms with E-state index in [4.69, 9.17) is 23.1 Å². The Labute approximate surface area is 126 Å². The van der Waals surface area contributed by atoms with Crippen LogP contribution >= 0.6 is 22.9 Å². The second kappa shape index (κ2) is 5.24. The number of nitrogen functional groups attached to an aromatic ring is 1. The summed E-state index contributed by atoms with van der Waals surface area (Å²) in [6, 6.07) is 5.71. The molecule has 6 heteroatoms. The number of anilines is 1. The number of nitrogens with two attached hydrogens (primary N) is 2. The molecule has 0 atom stereocenters. The average Bonchev–Trinajstić information content (AvgIpc) is 2.75. The highest BCUT2D eigenvalue weighted by Gasteiger charge is 2.25. The Hall–Kier alpha value is -1.30. The fourth-order valence-electron chi connectivity index (χ4n) is 2.50. The van der Waals surface area contributed by atoms with Gasteiger partial charge in [0.2, 0.25) is 0 Å². The Morgan fingerprint density at radius 3 is 2.75 bits per heavy atom. The van der Waals surface area contributed by atoms with E-state index >= 15 is 0 Å². The van der Waals surface area contributed by atoms with Crippen molar-refractivity contribution in [3.05, 3.63) is 28.1 Å². The van der Waals surface area contributed by atoms with Crippen molar-refractivity contribution in [2.75, 3.05) is 18.8 Å². The van der Waals surface area contributed by atoms with Gasteiger partial charge in [0.1, 0.15) is 4.88 Å². The number of thiophene rings is 1. The first-order valence-corrected chi connectivity index (χ1v) is 7.78. The van der Waals surface area contributed by atoms with Crippen LogP contribution in [0.2, 0.25) is 5.02 Å². The van der Waals surface area contributed by atoms with E-state index in [1.165, 1.54) is 11.3 Å². The predicted molar refractivity (Wildman–Crippen MR) is 84.4 cm³/mol. The van der Waals surface area contributed by atoms with Crippen LogP contribution in [0.4, 0.5) is 5.69 Å². The van der Waals surface area contributed by atoms with Gasteiger partial charge in [-0.05, 0) is 31.0 Å². The first kappa shape index (κ1) is 13.7. The molecule has 0 aliphatic carbocycles. The van der Waals surface area contributed by atoms with Crippen molar-refractivity contribution in [3.8, 4) is 0 Å². The smallest absolute Gasteiger partial charge is 0.266 e. The lowest BCUT2D eigenvalue weighted by molar-refractivity contribution is 0.0720. The molecule has 1 aromatic carbocycles. The van der Waals surface area contributed by atoms with E-state index in [-0.39, 0.29) is 11.9 Å². The van der Waals surface area contributed by atoms with Gasteiger partial charge in [0, 0.05) is 34.2 Å². The molecule has 1 amide bonds. The Bertz CT molecular complexity index is 662. The topological polar surface area (TPSA) is 72.4 Å². The van der Waals surface area contributed by atoms with Crippen molar-refractivity contribution in [2.24, 2.45) is 5.73 Å². The molecule has 106 valence electrons. The minimum absolute atomic E-state index is 0.00622. The molecule has 1 aromatic heterocycles. The molecule has 3 rings (SSSR count). The third-order valence-corrected chi connectivity index (χ3v) is 5.10. The summed E-state index contributed by atoms with van der Waals surface area (Å²) in [5, 5.41) is 1.55. The Kier molecular flexibility index (Phi) is 3.58. The molecule has 20 heavy (non-hydrogen) atoms. The number of hydrogen-bond donors (Lipinski definition) is 2. The summed E-state index contributed by atoms with van der Waals surface area (Å²) in [6.45, 7) is 1.41. The lowest BCUT2D eigenvalue weighted by Crippen LogP contribution is -2.42. The molecule has 0 saturated carbocycles. The fraction of sp³-hybridized carbons (Fsp3) is 0.357. The van der Waals surface area contributed by atoms with Gasteiger partial charge in [0.15, 0.2) is 0 Å². The van der Waals surface area contributed by atoms with Crippen molar-refractivity contribution in [3.63, 3.8) is 0 Å². The maximum Gasteiger partial charge on any atom is 0.266 e. The molecule has 1 saturated heterocycles. The molecule has 4 nitrogen and oxygen atoms in total. The van der Waals surface area contributed by atoms with E-state index in [0.717, 1.165) is 22.9 Å². The number of benzene rings is 1. The number of halogens is 1. The number of amides is 1. The molecule has 0 spiro atoms. The standard InChI is InChI=1S/C14H16ClN3OS/c15-8-1-2-10-11(7-8)20-13(12(10)17)14(19)18-5-3-9(16)4-6-18/h1-2,7,9H,3-6,16-17H2. The fourth-order valence-corrected chi connectivity index (χ4v) is 3.86. The molecule has 1 aliphatic rings. The first-order chi connectivity index (χ1) is 9.56. The van der Waals surface area contributed by atoms with Gasteiger partial charge in [0.05, 0.1) is 5.69 Å². The minimum atomic E-state index is 0.00622. The maximum atomic E-state index is 12.6. The summed E-state index contributed by atoms with van der Waals surface area (Å²) >= 11 is 7.39. The highest BCUT2D eigenvalue weighted by molar-refractivity contribution is 7.21. The van der Waals surface area contributed by atoms with E-state index in [1.807, 2.05) is 17.0 Å². The van der Waals surface area contributed by atoms with Gasteiger partial charge in [-0.2, -0.15) is 0 Å². The lowest BCUT2D eigenvalue weighted by Gasteiger charge is -2.29. The molecule has 0 bridgehead atoms. The Morgan fingerprint density at radius 2 is 2.05 bits per heavy atom. The molecule has 2 aromatic rings. The zero-order chi connectivity index (χ0) is 14.3. The van der Waals surface area contributed by atoms with Crippen LogP contribution < -0.4 is 11.5 Å². The zero-order valence-corrected chi connectivity index (χ0v) is 12.5. The third kappa shape index (κ3) is 2.37. The summed E-state index contributed by atoms with van der Waals surface area (Å²) in [4.78, 5) is 15.0. The quantitative estimate of drug-likeness (QED) is 0.850. The van der Waals surface area contributed by atoms with E-state index in [9.17, 15) is 4.79 Å². The van der Waals surface area contributed by atoms with Gasteiger partial charge in [0.25, 0.3) is 5.91 Å². The van der Waals surface area contributed by atoms with Crippen molar-refractivity contribution < 1.29 is 4.79 Å². The maximum absolute atomic E-state index is 12.6. The van der Waals surface area contributed by atoms with Crippen molar-refractivity contribution in [1.29, 1.82) is 0 Å². The first-order valence-electron chi connectivity index (χ1n) is 6.58. The van der Waals surface area contributed by atoms with Gasteiger partial charge in [-0.1, -0.05) is 11.6 Å². The van der Waals surface area contributed by atoms with Crippen LogP contribution in [-0.2, 0) is 0 Å². The van der Waals surface area contributed by atoms with Crippen LogP contribution in [0.15, 0.2) is 18.2 Å². The summed E-state index contributed by atoms with van der Waals surface area (Å²) < 4.78 is 0.951. The average molecular weight is 310 g/mol. The van der Waals surface area contributed by atoms with Crippen molar-refractivity contribution >= 4 is 44.6 Å². The number of piperidine rings is 1. The van der Waals surface area contributed by atoms with Crippen LogP contribution in [-0.4, -0.2) is 29.9 Å². The number of carbonyl (C=O) groups excluding carboxylic acids is 1. The largest absolute Gasteiger partial charge is 0.397 e.